The normalized spacial score (nSPS) is 28.0. The van der Waals surface area contributed by atoms with Crippen LogP contribution in [-0.2, 0) is 43.0 Å². The lowest BCUT2D eigenvalue weighted by Crippen LogP contribution is -2.51. The van der Waals surface area contributed by atoms with E-state index in [-0.39, 0.29) is 40.8 Å². The van der Waals surface area contributed by atoms with Crippen LogP contribution in [0.5, 0.6) is 0 Å². The first-order valence-corrected chi connectivity index (χ1v) is 23.0. The van der Waals surface area contributed by atoms with E-state index in [0.29, 0.717) is 22.7 Å². The Morgan fingerprint density at radius 3 is 1.73 bits per heavy atom. The van der Waals surface area contributed by atoms with Gasteiger partial charge in [0.2, 0.25) is 0 Å². The zero-order valence-corrected chi connectivity index (χ0v) is 39.2. The van der Waals surface area contributed by atoms with Gasteiger partial charge in [0.15, 0.2) is 28.7 Å². The molecule has 2 fully saturated rings. The van der Waals surface area contributed by atoms with Gasteiger partial charge in [0.25, 0.3) is 11.8 Å². The predicted octanol–water partition coefficient (Wildman–Crippen LogP) is 5.82. The molecule has 14 nitrogen and oxygen atoms in total. The maximum atomic E-state index is 13.7. The number of carbonyl (C=O) groups is 2. The molecule has 4 aromatic carbocycles. The van der Waals surface area contributed by atoms with Crippen molar-refractivity contribution in [1.29, 1.82) is 5.26 Å². The van der Waals surface area contributed by atoms with Crippen LogP contribution in [0.3, 0.4) is 0 Å². The van der Waals surface area contributed by atoms with Gasteiger partial charge in [-0.05, 0) is 139 Å². The van der Waals surface area contributed by atoms with Gasteiger partial charge in [-0.15, -0.1) is 0 Å². The molecule has 2 aliphatic heterocycles. The van der Waals surface area contributed by atoms with Gasteiger partial charge in [-0.1, -0.05) is 64.5 Å². The molecule has 2 amide bonds. The largest absolute Gasteiger partial charge is 0.488 e. The van der Waals surface area contributed by atoms with E-state index < -0.39 is 18.2 Å². The number of halogens is 1. The number of nitrogens with two attached hydrogens (primary N) is 2. The molecule has 2 unspecified atom stereocenters. The van der Waals surface area contributed by atoms with Gasteiger partial charge >= 0.3 is 7.12 Å². The molecule has 2 atom stereocenters. The fourth-order valence-corrected chi connectivity index (χ4v) is 11.9. The number of aliphatic imine (C=N–C) groups is 2. The fraction of sp³-hybridized carbons (Fsp3) is 0.400. The van der Waals surface area contributed by atoms with Crippen LogP contribution in [0.15, 0.2) is 99.4 Å². The van der Waals surface area contributed by atoms with E-state index in [1.165, 1.54) is 27.0 Å². The molecule has 0 aromatic heterocycles. The maximum absolute atomic E-state index is 13.7. The van der Waals surface area contributed by atoms with Crippen LogP contribution in [0.2, 0.25) is 0 Å². The van der Waals surface area contributed by atoms with E-state index in [0.717, 1.165) is 90.9 Å². The molecule has 0 radical (unpaired) electrons. The first-order valence-electron chi connectivity index (χ1n) is 22.2. The standard InChI is InChI=1S/C25H26N4O2.C18H22BrN3O2.C7H6BNO2/c1-27-19-6-4-5-16(13-19)17-7-8-18-15-24(11-9-20(31-3)10-12-24)25(21(18)14-17)22(30)29(2)23(26)28-25;1-22-15(23)18(21-16(22)20)14-9-12(19)4-3-11(14)10-17(18)7-5-13(24-2)6-8-17;9-5-6-2-1-3-7(4-6)8(10)11/h4-8,13-14,20H,9-12,15H2,2-3H3,(H2,26,28);3-4,9,13H,5-8,10H2,1-2H3,(H2,20,21);1-4,10-11H. The lowest BCUT2D eigenvalue weighted by molar-refractivity contribution is -0.138. The Bertz CT molecular complexity index is 2720. The third-order valence-electron chi connectivity index (χ3n) is 15.1. The summed E-state index contributed by atoms with van der Waals surface area (Å²) < 4.78 is 12.1. The van der Waals surface area contributed by atoms with Crippen molar-refractivity contribution in [2.45, 2.75) is 87.5 Å². The molecule has 0 saturated heterocycles. The number of nitriles is 1. The molecule has 4 spiro atoms. The van der Waals surface area contributed by atoms with E-state index in [9.17, 15) is 9.59 Å². The van der Waals surface area contributed by atoms with Crippen LogP contribution >= 0.6 is 15.9 Å². The Kier molecular flexibility index (Phi) is 12.8. The van der Waals surface area contributed by atoms with Crippen molar-refractivity contribution in [1.82, 2.24) is 9.80 Å². The summed E-state index contributed by atoms with van der Waals surface area (Å²) in [6.07, 6.45) is 9.55. The minimum atomic E-state index is -1.50. The molecular weight excluding hydrogens is 899 g/mol. The summed E-state index contributed by atoms with van der Waals surface area (Å²) in [7, 11) is 5.47. The molecule has 2 saturated carbocycles. The number of carbonyl (C=O) groups excluding carboxylic acids is 2. The molecule has 0 bridgehead atoms. The highest BCUT2D eigenvalue weighted by atomic mass is 79.9. The van der Waals surface area contributed by atoms with Crippen LogP contribution in [0, 0.1) is 28.7 Å². The smallest absolute Gasteiger partial charge is 0.423 e. The average molecular weight is 954 g/mol. The second kappa shape index (κ2) is 18.1. The van der Waals surface area contributed by atoms with Crippen LogP contribution in [0.4, 0.5) is 5.69 Å². The second-order valence-corrected chi connectivity index (χ2v) is 19.2. The minimum absolute atomic E-state index is 0.00715. The summed E-state index contributed by atoms with van der Waals surface area (Å²) in [5.74, 6) is 0.576. The highest BCUT2D eigenvalue weighted by Gasteiger charge is 2.67. The molecule has 4 aliphatic carbocycles. The Morgan fingerprint density at radius 2 is 1.26 bits per heavy atom. The van der Waals surface area contributed by atoms with Crippen LogP contribution in [-0.4, -0.2) is 91.2 Å². The monoisotopic (exact) mass is 952 g/mol. The van der Waals surface area contributed by atoms with Crippen molar-refractivity contribution >= 4 is 57.9 Å². The predicted molar refractivity (Wildman–Crippen MR) is 256 cm³/mol. The molecule has 340 valence electrons. The Morgan fingerprint density at radius 1 is 0.758 bits per heavy atom. The molecule has 10 rings (SSSR count). The number of guanidine groups is 2. The fourth-order valence-electron chi connectivity index (χ4n) is 11.5. The Balaban J connectivity index is 0.000000149. The summed E-state index contributed by atoms with van der Waals surface area (Å²) in [4.78, 5) is 43.3. The average Bonchev–Trinajstić information content (AvgIpc) is 3.94. The highest BCUT2D eigenvalue weighted by molar-refractivity contribution is 9.10. The van der Waals surface area contributed by atoms with Gasteiger partial charge in [0.1, 0.15) is 0 Å². The lowest BCUT2D eigenvalue weighted by atomic mass is 9.61. The second-order valence-electron chi connectivity index (χ2n) is 18.3. The molecular formula is C50H54BBrN8O6. The summed E-state index contributed by atoms with van der Waals surface area (Å²) in [6, 6.07) is 28.2. The third kappa shape index (κ3) is 7.59. The van der Waals surface area contributed by atoms with Crippen molar-refractivity contribution in [3.8, 4) is 17.2 Å². The number of methoxy groups -OCH3 is 2. The maximum Gasteiger partial charge on any atom is 0.488 e. The van der Waals surface area contributed by atoms with Crippen LogP contribution in [0.1, 0.15) is 79.2 Å². The van der Waals surface area contributed by atoms with Gasteiger partial charge in [0, 0.05) is 43.6 Å². The topological polar surface area (TPSA) is 204 Å². The first kappa shape index (κ1) is 46.6. The van der Waals surface area contributed by atoms with Crippen molar-refractivity contribution in [2.24, 2.45) is 32.3 Å². The SMILES string of the molecule is COC1CCC2(CC1)Cc1ccc(Br)cc1C21N=C(N)N(C)C1=O.N#Cc1cccc(B(O)O)c1.[C-]#[N+]c1cccc(-c2ccc3c(c2)C2(N=C(N)N(C)C2=O)C2(CCC(OC)CC2)C3)c1. The molecule has 4 aromatic rings. The van der Waals surface area contributed by atoms with Crippen molar-refractivity contribution < 1.29 is 29.1 Å². The van der Waals surface area contributed by atoms with Crippen LogP contribution < -0.4 is 16.9 Å². The molecule has 66 heavy (non-hydrogen) atoms. The number of likely N-dealkylation sites (N-methyl/N-ethyl adjacent to an activating group) is 2. The first-order chi connectivity index (χ1) is 31.6. The Hall–Kier alpha value is -5.88. The van der Waals surface area contributed by atoms with E-state index >= 15 is 0 Å². The zero-order valence-electron chi connectivity index (χ0n) is 37.6. The lowest BCUT2D eigenvalue weighted by Gasteiger charge is -2.45. The van der Waals surface area contributed by atoms with Gasteiger partial charge in [-0.2, -0.15) is 5.26 Å². The van der Waals surface area contributed by atoms with Gasteiger partial charge in [-0.25, -0.2) is 14.8 Å². The van der Waals surface area contributed by atoms with E-state index in [4.69, 9.17) is 52.8 Å². The van der Waals surface area contributed by atoms with E-state index in [1.54, 1.807) is 52.6 Å². The van der Waals surface area contributed by atoms with Crippen molar-refractivity contribution in [3.63, 3.8) is 0 Å². The van der Waals surface area contributed by atoms with E-state index in [1.807, 2.05) is 30.3 Å². The number of hydrogen-bond acceptors (Lipinski definition) is 11. The number of ether oxygens (including phenoxy) is 2. The zero-order chi connectivity index (χ0) is 47.2. The molecule has 2 heterocycles. The third-order valence-corrected chi connectivity index (χ3v) is 15.6. The molecule has 6 aliphatic rings. The summed E-state index contributed by atoms with van der Waals surface area (Å²) >= 11 is 3.55. The number of benzene rings is 4. The number of nitrogens with zero attached hydrogens (tertiary/aromatic N) is 6. The highest BCUT2D eigenvalue weighted by Crippen LogP contribution is 2.63. The number of fused-ring (bicyclic) bond motifs is 6. The van der Waals surface area contributed by atoms with E-state index in [2.05, 4.69) is 51.1 Å². The van der Waals surface area contributed by atoms with Gasteiger partial charge in [0.05, 0.1) is 30.4 Å². The molecule has 6 N–H and O–H groups in total. The quantitative estimate of drug-likeness (QED) is 0.144. The minimum Gasteiger partial charge on any atom is -0.423 e. The summed E-state index contributed by atoms with van der Waals surface area (Å²) in [5.41, 5.74) is 17.6. The van der Waals surface area contributed by atoms with Crippen molar-refractivity contribution in [3.05, 3.63) is 129 Å². The summed E-state index contributed by atoms with van der Waals surface area (Å²) in [5, 5.41) is 25.8. The summed E-state index contributed by atoms with van der Waals surface area (Å²) in [6.45, 7) is 7.32. The number of rotatable bonds is 4. The van der Waals surface area contributed by atoms with Gasteiger partial charge < -0.3 is 31.0 Å². The number of amides is 2. The number of hydrogen-bond donors (Lipinski definition) is 4. The Labute approximate surface area is 394 Å². The molecule has 16 heteroatoms. The van der Waals surface area contributed by atoms with Crippen molar-refractivity contribution in [2.75, 3.05) is 28.3 Å². The van der Waals surface area contributed by atoms with Crippen LogP contribution in [0.25, 0.3) is 16.0 Å². The van der Waals surface area contributed by atoms with Gasteiger partial charge in [-0.3, -0.25) is 19.4 Å².